The van der Waals surface area contributed by atoms with Crippen LogP contribution in [0, 0.1) is 0 Å². The zero-order valence-corrected chi connectivity index (χ0v) is 12.3. The van der Waals surface area contributed by atoms with Gasteiger partial charge < -0.3 is 9.88 Å². The molecule has 0 atom stereocenters. The van der Waals surface area contributed by atoms with E-state index >= 15 is 0 Å². The van der Waals surface area contributed by atoms with Gasteiger partial charge >= 0.3 is 0 Å². The van der Waals surface area contributed by atoms with Gasteiger partial charge in [0.1, 0.15) is 0 Å². The van der Waals surface area contributed by atoms with Crippen LogP contribution in [-0.4, -0.2) is 15.5 Å². The predicted molar refractivity (Wildman–Crippen MR) is 84.6 cm³/mol. The molecule has 5 heteroatoms. The molecule has 0 saturated carbocycles. The number of rotatable bonds is 3. The molecule has 0 aliphatic heterocycles. The number of hydrogen-bond donors (Lipinski definition) is 1. The van der Waals surface area contributed by atoms with Crippen LogP contribution in [0.1, 0.15) is 12.5 Å². The van der Waals surface area contributed by atoms with Crippen molar-refractivity contribution in [3.05, 3.63) is 59.5 Å². The van der Waals surface area contributed by atoms with Crippen molar-refractivity contribution in [2.24, 2.45) is 0 Å². The Morgan fingerprint density at radius 1 is 1.29 bits per heavy atom. The Labute approximate surface area is 127 Å². The van der Waals surface area contributed by atoms with Crippen molar-refractivity contribution in [1.82, 2.24) is 9.55 Å². The third-order valence-electron chi connectivity index (χ3n) is 3.17. The lowest BCUT2D eigenvalue weighted by Gasteiger charge is -2.08. The molecule has 0 saturated heterocycles. The highest BCUT2D eigenvalue weighted by Gasteiger charge is 2.06. The number of amides is 1. The Kier molecular flexibility index (Phi) is 3.62. The van der Waals surface area contributed by atoms with E-state index in [1.54, 1.807) is 6.07 Å². The Morgan fingerprint density at radius 3 is 2.76 bits per heavy atom. The lowest BCUT2D eigenvalue weighted by Crippen LogP contribution is -2.06. The summed E-state index contributed by atoms with van der Waals surface area (Å²) in [5.74, 6) is -0.152. The summed E-state index contributed by atoms with van der Waals surface area (Å²) in [7, 11) is 0. The predicted octanol–water partition coefficient (Wildman–Crippen LogP) is 3.70. The molecule has 0 fully saturated rings. The summed E-state index contributed by atoms with van der Waals surface area (Å²) in [5.41, 5.74) is 2.49. The van der Waals surface area contributed by atoms with Crippen molar-refractivity contribution >= 4 is 34.1 Å². The first-order valence-electron chi connectivity index (χ1n) is 6.58. The number of fused-ring (bicyclic) bond motifs is 1. The third kappa shape index (κ3) is 3.06. The quantitative estimate of drug-likeness (QED) is 0.801. The van der Waals surface area contributed by atoms with Crippen LogP contribution in [0.25, 0.3) is 10.9 Å². The van der Waals surface area contributed by atoms with E-state index in [1.165, 1.54) is 6.92 Å². The summed E-state index contributed by atoms with van der Waals surface area (Å²) in [6.07, 6.45) is 5.86. The fourth-order valence-electron chi connectivity index (χ4n) is 2.25. The summed E-state index contributed by atoms with van der Waals surface area (Å²) >= 11 is 6.19. The van der Waals surface area contributed by atoms with E-state index < -0.39 is 0 Å². The van der Waals surface area contributed by atoms with Gasteiger partial charge in [0.05, 0.1) is 16.2 Å². The summed E-state index contributed by atoms with van der Waals surface area (Å²) in [6.45, 7) is 2.22. The molecule has 2 aromatic heterocycles. The molecule has 0 radical (unpaired) electrons. The number of pyridine rings is 1. The van der Waals surface area contributed by atoms with Crippen molar-refractivity contribution in [2.75, 3.05) is 5.32 Å². The summed E-state index contributed by atoms with van der Waals surface area (Å²) < 4.78 is 2.08. The number of carbonyl (C=O) groups excluding carboxylic acids is 1. The number of anilines is 1. The van der Waals surface area contributed by atoms with Gasteiger partial charge in [0.2, 0.25) is 5.91 Å². The van der Waals surface area contributed by atoms with Gasteiger partial charge in [0, 0.05) is 37.4 Å². The van der Waals surface area contributed by atoms with Gasteiger partial charge in [-0.05, 0) is 35.9 Å². The van der Waals surface area contributed by atoms with Gasteiger partial charge in [0.15, 0.2) is 0 Å². The number of halogens is 1. The minimum atomic E-state index is -0.152. The van der Waals surface area contributed by atoms with Crippen LogP contribution < -0.4 is 5.32 Å². The first-order valence-corrected chi connectivity index (χ1v) is 6.96. The van der Waals surface area contributed by atoms with Gasteiger partial charge in [-0.3, -0.25) is 9.78 Å². The van der Waals surface area contributed by atoms with Crippen molar-refractivity contribution in [2.45, 2.75) is 13.5 Å². The summed E-state index contributed by atoms with van der Waals surface area (Å²) in [5, 5.41) is 4.17. The lowest BCUT2D eigenvalue weighted by atomic mass is 10.1. The SMILES string of the molecule is CC(=O)Nc1cc2ncc(Cn3cccc3)cc2cc1Cl. The number of benzene rings is 1. The zero-order valence-electron chi connectivity index (χ0n) is 11.5. The second-order valence-electron chi connectivity index (χ2n) is 4.90. The van der Waals surface area contributed by atoms with E-state index in [0.717, 1.165) is 23.0 Å². The van der Waals surface area contributed by atoms with Gasteiger partial charge in [-0.1, -0.05) is 11.6 Å². The maximum Gasteiger partial charge on any atom is 0.221 e. The van der Waals surface area contributed by atoms with Crippen LogP contribution in [0.5, 0.6) is 0 Å². The van der Waals surface area contributed by atoms with Gasteiger partial charge in [-0.25, -0.2) is 0 Å². The molecule has 106 valence electrons. The molecule has 21 heavy (non-hydrogen) atoms. The number of carbonyl (C=O) groups is 1. The van der Waals surface area contributed by atoms with E-state index in [2.05, 4.69) is 20.9 Å². The van der Waals surface area contributed by atoms with E-state index in [-0.39, 0.29) is 5.91 Å². The Bertz CT molecular complexity index is 797. The fraction of sp³-hybridized carbons (Fsp3) is 0.125. The highest BCUT2D eigenvalue weighted by atomic mass is 35.5. The summed E-state index contributed by atoms with van der Waals surface area (Å²) in [6, 6.07) is 9.66. The monoisotopic (exact) mass is 299 g/mol. The van der Waals surface area contributed by atoms with Crippen molar-refractivity contribution < 1.29 is 4.79 Å². The molecule has 4 nitrogen and oxygen atoms in total. The van der Waals surface area contributed by atoms with Crippen LogP contribution in [0.4, 0.5) is 5.69 Å². The number of nitrogens with one attached hydrogen (secondary N) is 1. The Morgan fingerprint density at radius 2 is 2.05 bits per heavy atom. The third-order valence-corrected chi connectivity index (χ3v) is 3.48. The maximum absolute atomic E-state index is 11.1. The first kappa shape index (κ1) is 13.6. The first-order chi connectivity index (χ1) is 10.1. The molecule has 0 bridgehead atoms. The van der Waals surface area contributed by atoms with Crippen molar-refractivity contribution in [3.63, 3.8) is 0 Å². The molecule has 3 aromatic rings. The van der Waals surface area contributed by atoms with E-state index in [0.29, 0.717) is 10.7 Å². The van der Waals surface area contributed by atoms with Crippen LogP contribution in [-0.2, 0) is 11.3 Å². The van der Waals surface area contributed by atoms with Gasteiger partial charge in [-0.2, -0.15) is 0 Å². The van der Waals surface area contributed by atoms with E-state index in [1.807, 2.05) is 36.8 Å². The molecule has 0 unspecified atom stereocenters. The molecule has 0 aliphatic rings. The van der Waals surface area contributed by atoms with Crippen LogP contribution >= 0.6 is 11.6 Å². The standard InChI is InChI=1S/C16H14ClN3O/c1-11(21)19-16-8-15-13(7-14(16)17)6-12(9-18-15)10-20-4-2-3-5-20/h2-9H,10H2,1H3,(H,19,21). The number of aromatic nitrogens is 2. The van der Waals surface area contributed by atoms with Crippen LogP contribution in [0.2, 0.25) is 5.02 Å². The van der Waals surface area contributed by atoms with Crippen LogP contribution in [0.15, 0.2) is 48.9 Å². The highest BCUT2D eigenvalue weighted by molar-refractivity contribution is 6.34. The van der Waals surface area contributed by atoms with Crippen molar-refractivity contribution in [3.8, 4) is 0 Å². The van der Waals surface area contributed by atoms with Crippen molar-refractivity contribution in [1.29, 1.82) is 0 Å². The minimum absolute atomic E-state index is 0.152. The second-order valence-corrected chi connectivity index (χ2v) is 5.31. The summed E-state index contributed by atoms with van der Waals surface area (Å²) in [4.78, 5) is 15.6. The Balaban J connectivity index is 1.96. The fourth-order valence-corrected chi connectivity index (χ4v) is 2.47. The van der Waals surface area contributed by atoms with Crippen LogP contribution in [0.3, 0.4) is 0 Å². The highest BCUT2D eigenvalue weighted by Crippen LogP contribution is 2.27. The smallest absolute Gasteiger partial charge is 0.221 e. The van der Waals surface area contributed by atoms with E-state index in [4.69, 9.17) is 11.6 Å². The molecule has 3 rings (SSSR count). The zero-order chi connectivity index (χ0) is 14.8. The lowest BCUT2D eigenvalue weighted by molar-refractivity contribution is -0.114. The molecule has 0 spiro atoms. The molecule has 1 N–H and O–H groups in total. The molecule has 1 amide bonds. The molecule has 0 aliphatic carbocycles. The van der Waals surface area contributed by atoms with Gasteiger partial charge in [0.25, 0.3) is 0 Å². The number of hydrogen-bond acceptors (Lipinski definition) is 2. The largest absolute Gasteiger partial charge is 0.350 e. The van der Waals surface area contributed by atoms with E-state index in [9.17, 15) is 4.79 Å². The molecule has 1 aromatic carbocycles. The average Bonchev–Trinajstić information content (AvgIpc) is 2.92. The average molecular weight is 300 g/mol. The normalized spacial score (nSPS) is 10.8. The topological polar surface area (TPSA) is 46.9 Å². The molecular weight excluding hydrogens is 286 g/mol. The maximum atomic E-state index is 11.1. The molecule has 2 heterocycles. The Hall–Kier alpha value is -2.33. The minimum Gasteiger partial charge on any atom is -0.350 e. The van der Waals surface area contributed by atoms with Gasteiger partial charge in [-0.15, -0.1) is 0 Å². The molecular formula is C16H14ClN3O. The second kappa shape index (κ2) is 5.58. The number of nitrogens with zero attached hydrogens (tertiary/aromatic N) is 2.